The van der Waals surface area contributed by atoms with E-state index in [1.165, 1.54) is 0 Å². The molecule has 1 saturated heterocycles. The number of rotatable bonds is 2. The van der Waals surface area contributed by atoms with E-state index >= 15 is 0 Å². The van der Waals surface area contributed by atoms with Crippen molar-refractivity contribution >= 4 is 17.7 Å². The standard InChI is InChI=1S/C21H19N3O3/c25-19-16-5-2-1-4-14(16)15-7-6-13(12-17(15)19)20(26)27-18-8-11-24-10-3-9-22-21(24)23-18/h1-2,4-7,12,18H,3,8-11H2,(H,22,23). The number of guanidine groups is 1. The van der Waals surface area contributed by atoms with Gasteiger partial charge >= 0.3 is 5.97 Å². The molecule has 2 heterocycles. The van der Waals surface area contributed by atoms with Crippen LogP contribution in [-0.4, -0.2) is 48.5 Å². The normalized spacial score (nSPS) is 20.1. The lowest BCUT2D eigenvalue weighted by molar-refractivity contribution is 0.0176. The molecule has 2 aliphatic heterocycles. The molecule has 3 aliphatic rings. The van der Waals surface area contributed by atoms with Crippen molar-refractivity contribution in [2.24, 2.45) is 4.99 Å². The van der Waals surface area contributed by atoms with E-state index in [9.17, 15) is 9.59 Å². The van der Waals surface area contributed by atoms with E-state index in [-0.39, 0.29) is 5.78 Å². The SMILES string of the molecule is O=C(OC1CCN2CCCN=C2N1)c1ccc2c(c1)C(=O)c1ccccc1-2. The van der Waals surface area contributed by atoms with Gasteiger partial charge in [0.25, 0.3) is 0 Å². The predicted molar refractivity (Wildman–Crippen MR) is 101 cm³/mol. The number of fused-ring (bicyclic) bond motifs is 4. The Labute approximate surface area is 156 Å². The number of esters is 1. The van der Waals surface area contributed by atoms with Crippen molar-refractivity contribution in [1.29, 1.82) is 0 Å². The molecule has 0 radical (unpaired) electrons. The van der Waals surface area contributed by atoms with E-state index in [2.05, 4.69) is 15.2 Å². The minimum absolute atomic E-state index is 0.0433. The van der Waals surface area contributed by atoms with Gasteiger partial charge in [-0.1, -0.05) is 30.3 Å². The first kappa shape index (κ1) is 16.1. The maximum Gasteiger partial charge on any atom is 0.340 e. The van der Waals surface area contributed by atoms with Crippen LogP contribution in [0.1, 0.15) is 39.1 Å². The van der Waals surface area contributed by atoms with Crippen LogP contribution >= 0.6 is 0 Å². The molecule has 6 heteroatoms. The quantitative estimate of drug-likeness (QED) is 0.710. The van der Waals surface area contributed by atoms with Crippen LogP contribution in [0.25, 0.3) is 11.1 Å². The minimum Gasteiger partial charge on any atom is -0.438 e. The van der Waals surface area contributed by atoms with Crippen molar-refractivity contribution in [1.82, 2.24) is 10.2 Å². The number of carbonyl (C=O) groups excluding carboxylic acids is 2. The highest BCUT2D eigenvalue weighted by Crippen LogP contribution is 2.36. The smallest absolute Gasteiger partial charge is 0.340 e. The average Bonchev–Trinajstić information content (AvgIpc) is 3.00. The van der Waals surface area contributed by atoms with E-state index in [0.29, 0.717) is 23.1 Å². The second kappa shape index (κ2) is 6.23. The number of ether oxygens (including phenoxy) is 1. The Hall–Kier alpha value is -3.15. The summed E-state index contributed by atoms with van der Waals surface area (Å²) in [5.74, 6) is 0.340. The van der Waals surface area contributed by atoms with E-state index in [0.717, 1.165) is 43.1 Å². The molecule has 6 nitrogen and oxygen atoms in total. The minimum atomic E-state index is -0.427. The van der Waals surface area contributed by atoms with Crippen molar-refractivity contribution in [3.05, 3.63) is 59.2 Å². The predicted octanol–water partition coefficient (Wildman–Crippen LogP) is 2.44. The molecular weight excluding hydrogens is 342 g/mol. The van der Waals surface area contributed by atoms with Crippen LogP contribution in [0.2, 0.25) is 0 Å². The Morgan fingerprint density at radius 1 is 1.07 bits per heavy atom. The van der Waals surface area contributed by atoms with Crippen LogP contribution in [0.5, 0.6) is 0 Å². The van der Waals surface area contributed by atoms with Gasteiger partial charge in [0, 0.05) is 37.2 Å². The fraction of sp³-hybridized carbons (Fsp3) is 0.286. The number of hydrogen-bond donors (Lipinski definition) is 1. The van der Waals surface area contributed by atoms with Gasteiger partial charge in [-0.2, -0.15) is 0 Å². The van der Waals surface area contributed by atoms with Crippen molar-refractivity contribution < 1.29 is 14.3 Å². The maximum atomic E-state index is 12.6. The molecule has 0 saturated carbocycles. The summed E-state index contributed by atoms with van der Waals surface area (Å²) >= 11 is 0. The number of carbonyl (C=O) groups is 2. The van der Waals surface area contributed by atoms with Gasteiger partial charge in [-0.15, -0.1) is 0 Å². The molecule has 1 atom stereocenters. The highest BCUT2D eigenvalue weighted by Gasteiger charge is 2.30. The van der Waals surface area contributed by atoms with Crippen molar-refractivity contribution in [2.45, 2.75) is 19.1 Å². The van der Waals surface area contributed by atoms with Crippen LogP contribution in [-0.2, 0) is 4.74 Å². The zero-order chi connectivity index (χ0) is 18.4. The van der Waals surface area contributed by atoms with Gasteiger partial charge in [0.2, 0.25) is 0 Å². The molecule has 1 N–H and O–H groups in total. The van der Waals surface area contributed by atoms with E-state index in [1.54, 1.807) is 12.1 Å². The average molecular weight is 361 g/mol. The fourth-order valence-electron chi connectivity index (χ4n) is 3.94. The molecule has 0 amide bonds. The lowest BCUT2D eigenvalue weighted by Gasteiger charge is -2.37. The van der Waals surface area contributed by atoms with Crippen LogP contribution < -0.4 is 5.32 Å². The monoisotopic (exact) mass is 361 g/mol. The summed E-state index contributed by atoms with van der Waals surface area (Å²) in [4.78, 5) is 31.9. The summed E-state index contributed by atoms with van der Waals surface area (Å²) in [7, 11) is 0. The topological polar surface area (TPSA) is 71.0 Å². The van der Waals surface area contributed by atoms with Crippen LogP contribution in [0.15, 0.2) is 47.5 Å². The molecule has 0 aromatic heterocycles. The van der Waals surface area contributed by atoms with Gasteiger partial charge < -0.3 is 15.0 Å². The number of nitrogens with one attached hydrogen (secondary N) is 1. The van der Waals surface area contributed by atoms with Gasteiger partial charge in [0.15, 0.2) is 18.0 Å². The van der Waals surface area contributed by atoms with Crippen LogP contribution in [0, 0.1) is 0 Å². The first-order chi connectivity index (χ1) is 13.2. The third-order valence-corrected chi connectivity index (χ3v) is 5.31. The molecule has 2 aromatic carbocycles. The molecule has 2 aromatic rings. The van der Waals surface area contributed by atoms with Gasteiger partial charge in [-0.3, -0.25) is 9.79 Å². The Kier molecular flexibility index (Phi) is 3.70. The largest absolute Gasteiger partial charge is 0.438 e. The highest BCUT2D eigenvalue weighted by molar-refractivity contribution is 6.22. The molecule has 0 spiro atoms. The summed E-state index contributed by atoms with van der Waals surface area (Å²) in [6.07, 6.45) is 1.37. The first-order valence-electron chi connectivity index (χ1n) is 9.26. The maximum absolute atomic E-state index is 12.6. The molecule has 1 aliphatic carbocycles. The zero-order valence-corrected chi connectivity index (χ0v) is 14.8. The fourth-order valence-corrected chi connectivity index (χ4v) is 3.94. The molecule has 0 bridgehead atoms. The molecule has 1 fully saturated rings. The number of hydrogen-bond acceptors (Lipinski definition) is 6. The van der Waals surface area contributed by atoms with Crippen molar-refractivity contribution in [3.63, 3.8) is 0 Å². The van der Waals surface area contributed by atoms with Gasteiger partial charge in [0.1, 0.15) is 0 Å². The first-order valence-corrected chi connectivity index (χ1v) is 9.26. The van der Waals surface area contributed by atoms with Crippen molar-refractivity contribution in [2.75, 3.05) is 19.6 Å². The van der Waals surface area contributed by atoms with Gasteiger partial charge in [-0.25, -0.2) is 4.79 Å². The Morgan fingerprint density at radius 3 is 2.78 bits per heavy atom. The van der Waals surface area contributed by atoms with Crippen LogP contribution in [0.3, 0.4) is 0 Å². The summed E-state index contributed by atoms with van der Waals surface area (Å²) in [6, 6.07) is 12.7. The van der Waals surface area contributed by atoms with E-state index < -0.39 is 12.2 Å². The van der Waals surface area contributed by atoms with E-state index in [4.69, 9.17) is 4.74 Å². The second-order valence-corrected chi connectivity index (χ2v) is 7.01. The number of ketones is 1. The van der Waals surface area contributed by atoms with Crippen molar-refractivity contribution in [3.8, 4) is 11.1 Å². The third-order valence-electron chi connectivity index (χ3n) is 5.31. The molecule has 1 unspecified atom stereocenters. The molecular formula is C21H19N3O3. The third kappa shape index (κ3) is 2.68. The summed E-state index contributed by atoms with van der Waals surface area (Å²) in [6.45, 7) is 2.61. The molecule has 136 valence electrons. The second-order valence-electron chi connectivity index (χ2n) is 7.01. The Morgan fingerprint density at radius 2 is 1.89 bits per heavy atom. The molecule has 27 heavy (non-hydrogen) atoms. The Bertz CT molecular complexity index is 982. The Balaban J connectivity index is 1.35. The number of nitrogens with zero attached hydrogens (tertiary/aromatic N) is 2. The summed E-state index contributed by atoms with van der Waals surface area (Å²) < 4.78 is 5.63. The lowest BCUT2D eigenvalue weighted by Crippen LogP contribution is -2.55. The zero-order valence-electron chi connectivity index (χ0n) is 14.8. The van der Waals surface area contributed by atoms with Gasteiger partial charge in [0.05, 0.1) is 5.56 Å². The number of benzene rings is 2. The number of aliphatic imine (C=N–C) groups is 1. The van der Waals surface area contributed by atoms with E-state index in [1.807, 2.05) is 30.3 Å². The summed E-state index contributed by atoms with van der Waals surface area (Å²) in [5.41, 5.74) is 3.43. The lowest BCUT2D eigenvalue weighted by atomic mass is 10.0. The molecule has 5 rings (SSSR count). The highest BCUT2D eigenvalue weighted by atomic mass is 16.6. The summed E-state index contributed by atoms with van der Waals surface area (Å²) in [5, 5.41) is 3.20. The van der Waals surface area contributed by atoms with Gasteiger partial charge in [-0.05, 0) is 29.7 Å². The van der Waals surface area contributed by atoms with Crippen LogP contribution in [0.4, 0.5) is 0 Å².